The summed E-state index contributed by atoms with van der Waals surface area (Å²) in [5, 5.41) is 12.2. The fourth-order valence-electron chi connectivity index (χ4n) is 1.03. The third-order valence-electron chi connectivity index (χ3n) is 2.08. The van der Waals surface area contributed by atoms with Crippen LogP contribution in [0.3, 0.4) is 0 Å². The Labute approximate surface area is 90.5 Å². The number of nitrogens with zero attached hydrogens (tertiary/aromatic N) is 3. The zero-order valence-electron chi connectivity index (χ0n) is 8.62. The van der Waals surface area contributed by atoms with Gasteiger partial charge in [-0.2, -0.15) is 23.5 Å². The Hall–Kier alpha value is -1.55. The Morgan fingerprint density at radius 1 is 1.56 bits per heavy atom. The minimum Gasteiger partial charge on any atom is -0.314 e. The quantitative estimate of drug-likeness (QED) is 0.859. The van der Waals surface area contributed by atoms with Crippen molar-refractivity contribution in [3.05, 3.63) is 18.0 Å². The number of nitriles is 1. The number of hydrogen-bond acceptors (Lipinski definition) is 3. The van der Waals surface area contributed by atoms with Crippen molar-refractivity contribution in [2.24, 2.45) is 5.73 Å². The van der Waals surface area contributed by atoms with Gasteiger partial charge in [0.1, 0.15) is 5.54 Å². The molecule has 4 nitrogen and oxygen atoms in total. The lowest BCUT2D eigenvalue weighted by atomic mass is 10.0. The van der Waals surface area contributed by atoms with Gasteiger partial charge in [0.25, 0.3) is 0 Å². The van der Waals surface area contributed by atoms with Gasteiger partial charge in [0, 0.05) is 12.7 Å². The zero-order valence-corrected chi connectivity index (χ0v) is 8.62. The number of hydrogen-bond donors (Lipinski definition) is 1. The average molecular weight is 232 g/mol. The van der Waals surface area contributed by atoms with E-state index in [2.05, 4.69) is 5.10 Å². The molecule has 0 radical (unpaired) electrons. The Kier molecular flexibility index (Phi) is 3.24. The standard InChI is InChI=1S/C9H11F3N4/c1-8(14,6-13)2-3-16-5-7(4-15-16)9(10,11)12/h4-5H,2-3,14H2,1H3. The van der Waals surface area contributed by atoms with Gasteiger partial charge in [-0.05, 0) is 13.3 Å². The molecule has 0 saturated carbocycles. The van der Waals surface area contributed by atoms with E-state index in [9.17, 15) is 13.2 Å². The highest BCUT2D eigenvalue weighted by Gasteiger charge is 2.32. The number of aromatic nitrogens is 2. The first-order valence-electron chi connectivity index (χ1n) is 4.54. The molecule has 1 unspecified atom stereocenters. The van der Waals surface area contributed by atoms with E-state index in [0.717, 1.165) is 17.1 Å². The van der Waals surface area contributed by atoms with Crippen LogP contribution < -0.4 is 5.73 Å². The topological polar surface area (TPSA) is 67.6 Å². The maximum Gasteiger partial charge on any atom is 0.419 e. The summed E-state index contributed by atoms with van der Waals surface area (Å²) in [4.78, 5) is 0. The Morgan fingerprint density at radius 2 is 2.19 bits per heavy atom. The van der Waals surface area contributed by atoms with Crippen LogP contribution in [0.15, 0.2) is 12.4 Å². The van der Waals surface area contributed by atoms with Gasteiger partial charge in [0.15, 0.2) is 0 Å². The number of nitrogens with two attached hydrogens (primary N) is 1. The van der Waals surface area contributed by atoms with Crippen LogP contribution in [0.4, 0.5) is 13.2 Å². The third kappa shape index (κ3) is 3.24. The maximum atomic E-state index is 12.2. The van der Waals surface area contributed by atoms with Crippen molar-refractivity contribution in [1.82, 2.24) is 9.78 Å². The first-order valence-corrected chi connectivity index (χ1v) is 4.54. The number of alkyl halides is 3. The van der Waals surface area contributed by atoms with Crippen LogP contribution in [0.1, 0.15) is 18.9 Å². The maximum absolute atomic E-state index is 12.2. The number of rotatable bonds is 3. The molecule has 0 amide bonds. The van der Waals surface area contributed by atoms with Crippen molar-refractivity contribution in [3.63, 3.8) is 0 Å². The SMILES string of the molecule is CC(N)(C#N)CCn1cc(C(F)(F)F)cn1. The summed E-state index contributed by atoms with van der Waals surface area (Å²) >= 11 is 0. The van der Waals surface area contributed by atoms with Crippen molar-refractivity contribution in [3.8, 4) is 6.07 Å². The highest BCUT2D eigenvalue weighted by atomic mass is 19.4. The van der Waals surface area contributed by atoms with Gasteiger partial charge < -0.3 is 5.73 Å². The van der Waals surface area contributed by atoms with E-state index in [4.69, 9.17) is 11.0 Å². The molecule has 1 atom stereocenters. The molecule has 0 aromatic carbocycles. The fraction of sp³-hybridized carbons (Fsp3) is 0.556. The van der Waals surface area contributed by atoms with Gasteiger partial charge in [0.2, 0.25) is 0 Å². The molecule has 16 heavy (non-hydrogen) atoms. The molecule has 0 spiro atoms. The van der Waals surface area contributed by atoms with Crippen LogP contribution in [0.25, 0.3) is 0 Å². The van der Waals surface area contributed by atoms with E-state index in [1.54, 1.807) is 0 Å². The molecule has 1 aromatic heterocycles. The molecule has 1 aromatic rings. The Bertz CT molecular complexity index is 400. The zero-order chi connectivity index (χ0) is 12.4. The van der Waals surface area contributed by atoms with Crippen LogP contribution >= 0.6 is 0 Å². The second-order valence-corrected chi connectivity index (χ2v) is 3.77. The van der Waals surface area contributed by atoms with E-state index in [-0.39, 0.29) is 13.0 Å². The summed E-state index contributed by atoms with van der Waals surface area (Å²) in [5.41, 5.74) is 3.68. The van der Waals surface area contributed by atoms with Crippen molar-refractivity contribution in [1.29, 1.82) is 5.26 Å². The largest absolute Gasteiger partial charge is 0.419 e. The molecule has 0 bridgehead atoms. The first kappa shape index (κ1) is 12.5. The van der Waals surface area contributed by atoms with E-state index in [1.165, 1.54) is 6.92 Å². The lowest BCUT2D eigenvalue weighted by molar-refractivity contribution is -0.137. The predicted molar refractivity (Wildman–Crippen MR) is 50.1 cm³/mol. The predicted octanol–water partition coefficient (Wildman–Crippen LogP) is 1.53. The molecular formula is C9H11F3N4. The van der Waals surface area contributed by atoms with Gasteiger partial charge in [-0.15, -0.1) is 0 Å². The highest BCUT2D eigenvalue weighted by molar-refractivity contribution is 5.08. The van der Waals surface area contributed by atoms with Gasteiger partial charge in [-0.25, -0.2) is 0 Å². The summed E-state index contributed by atoms with van der Waals surface area (Å²) in [5.74, 6) is 0. The van der Waals surface area contributed by atoms with Crippen LogP contribution in [0.2, 0.25) is 0 Å². The molecule has 0 saturated heterocycles. The monoisotopic (exact) mass is 232 g/mol. The summed E-state index contributed by atoms with van der Waals surface area (Å²) in [7, 11) is 0. The normalized spacial score (nSPS) is 15.5. The Balaban J connectivity index is 2.65. The molecule has 2 N–H and O–H groups in total. The second kappa shape index (κ2) is 4.14. The molecule has 1 rings (SSSR count). The molecule has 0 aliphatic rings. The van der Waals surface area contributed by atoms with Crippen molar-refractivity contribution >= 4 is 0 Å². The van der Waals surface area contributed by atoms with E-state index < -0.39 is 17.3 Å². The number of aryl methyl sites for hydroxylation is 1. The molecule has 0 fully saturated rings. The van der Waals surface area contributed by atoms with E-state index in [0.29, 0.717) is 0 Å². The van der Waals surface area contributed by atoms with Crippen LogP contribution in [0, 0.1) is 11.3 Å². The van der Waals surface area contributed by atoms with E-state index >= 15 is 0 Å². The third-order valence-corrected chi connectivity index (χ3v) is 2.08. The van der Waals surface area contributed by atoms with E-state index in [1.807, 2.05) is 6.07 Å². The summed E-state index contributed by atoms with van der Waals surface area (Å²) in [6.45, 7) is 1.69. The molecule has 0 aliphatic carbocycles. The van der Waals surface area contributed by atoms with Crippen LogP contribution in [0.5, 0.6) is 0 Å². The van der Waals surface area contributed by atoms with Gasteiger partial charge in [-0.3, -0.25) is 4.68 Å². The average Bonchev–Trinajstić information content (AvgIpc) is 2.63. The second-order valence-electron chi connectivity index (χ2n) is 3.77. The lowest BCUT2D eigenvalue weighted by Gasteiger charge is -2.14. The summed E-state index contributed by atoms with van der Waals surface area (Å²) in [6.07, 6.45) is -2.50. The molecule has 7 heteroatoms. The highest BCUT2D eigenvalue weighted by Crippen LogP contribution is 2.28. The van der Waals surface area contributed by atoms with Crippen molar-refractivity contribution < 1.29 is 13.2 Å². The summed E-state index contributed by atoms with van der Waals surface area (Å²) in [6, 6.07) is 1.86. The number of halogens is 3. The minimum absolute atomic E-state index is 0.177. The molecule has 0 aliphatic heterocycles. The van der Waals surface area contributed by atoms with Crippen molar-refractivity contribution in [2.45, 2.75) is 31.6 Å². The van der Waals surface area contributed by atoms with Crippen LogP contribution in [-0.4, -0.2) is 15.3 Å². The molecule has 1 heterocycles. The van der Waals surface area contributed by atoms with Gasteiger partial charge >= 0.3 is 6.18 Å². The van der Waals surface area contributed by atoms with Gasteiger partial charge in [-0.1, -0.05) is 0 Å². The fourth-order valence-corrected chi connectivity index (χ4v) is 1.03. The smallest absolute Gasteiger partial charge is 0.314 e. The lowest BCUT2D eigenvalue weighted by Crippen LogP contribution is -2.35. The molecular weight excluding hydrogens is 221 g/mol. The molecule has 88 valence electrons. The Morgan fingerprint density at radius 3 is 2.62 bits per heavy atom. The minimum atomic E-state index is -4.39. The van der Waals surface area contributed by atoms with Crippen LogP contribution in [-0.2, 0) is 12.7 Å². The van der Waals surface area contributed by atoms with Crippen molar-refractivity contribution in [2.75, 3.05) is 0 Å². The first-order chi connectivity index (χ1) is 7.24. The summed E-state index contributed by atoms with van der Waals surface area (Å²) < 4.78 is 37.8. The van der Waals surface area contributed by atoms with Gasteiger partial charge in [0.05, 0.1) is 17.8 Å².